The summed E-state index contributed by atoms with van der Waals surface area (Å²) in [5.74, 6) is 2.62. The van der Waals surface area contributed by atoms with Crippen LogP contribution in [0.1, 0.15) is 31.5 Å². The van der Waals surface area contributed by atoms with Crippen molar-refractivity contribution in [2.75, 3.05) is 18.0 Å². The highest BCUT2D eigenvalue weighted by Gasteiger charge is 2.26. The second kappa shape index (κ2) is 6.01. The zero-order valence-corrected chi connectivity index (χ0v) is 14.5. The van der Waals surface area contributed by atoms with Gasteiger partial charge in [-0.1, -0.05) is 0 Å². The second-order valence-electron chi connectivity index (χ2n) is 5.72. The molecule has 0 unspecified atom stereocenters. The van der Waals surface area contributed by atoms with Crippen molar-refractivity contribution in [2.45, 2.75) is 32.2 Å². The number of aromatic amines is 1. The topological polar surface area (TPSA) is 62.6 Å². The van der Waals surface area contributed by atoms with Gasteiger partial charge in [0.1, 0.15) is 18.0 Å². The van der Waals surface area contributed by atoms with Crippen LogP contribution in [0.4, 0.5) is 5.82 Å². The number of rotatable bonds is 3. The highest BCUT2D eigenvalue weighted by molar-refractivity contribution is 7.71. The number of fused-ring (bicyclic) bond motifs is 1. The molecule has 0 spiro atoms. The summed E-state index contributed by atoms with van der Waals surface area (Å²) in [6.45, 7) is 4.95. The second-order valence-corrected chi connectivity index (χ2v) is 7.03. The van der Waals surface area contributed by atoms with E-state index in [4.69, 9.17) is 12.2 Å². The summed E-state index contributed by atoms with van der Waals surface area (Å²) < 4.78 is 4.01. The summed E-state index contributed by atoms with van der Waals surface area (Å²) >= 11 is 7.02. The molecular weight excluding hydrogens is 328 g/mol. The predicted octanol–water partition coefficient (Wildman–Crippen LogP) is 3.35. The summed E-state index contributed by atoms with van der Waals surface area (Å²) in [5.41, 5.74) is 1.04. The molecule has 0 aromatic carbocycles. The van der Waals surface area contributed by atoms with Gasteiger partial charge in [0.2, 0.25) is 0 Å². The normalized spacial score (nSPS) is 16.3. The number of H-pyrrole nitrogens is 1. The molecule has 8 heteroatoms. The number of hydrogen-bond acceptors (Lipinski definition) is 6. The lowest BCUT2D eigenvalue weighted by Gasteiger charge is -2.32. The molecule has 0 saturated carbocycles. The van der Waals surface area contributed by atoms with Crippen molar-refractivity contribution >= 4 is 39.6 Å². The van der Waals surface area contributed by atoms with Crippen LogP contribution in [0.2, 0.25) is 0 Å². The zero-order valence-electron chi connectivity index (χ0n) is 12.9. The Morgan fingerprint density at radius 2 is 2.17 bits per heavy atom. The average molecular weight is 346 g/mol. The van der Waals surface area contributed by atoms with E-state index in [1.807, 2.05) is 0 Å². The fourth-order valence-electron chi connectivity index (χ4n) is 3.30. The van der Waals surface area contributed by atoms with Gasteiger partial charge < -0.3 is 9.47 Å². The Hall–Kier alpha value is -1.80. The molecule has 4 heterocycles. The minimum atomic E-state index is 0.458. The van der Waals surface area contributed by atoms with Crippen LogP contribution >= 0.6 is 23.6 Å². The Balaban J connectivity index is 1.55. The molecule has 0 aliphatic carbocycles. The van der Waals surface area contributed by atoms with Crippen LogP contribution in [0.3, 0.4) is 0 Å². The molecule has 0 amide bonds. The lowest BCUT2D eigenvalue weighted by atomic mass is 9.96. The van der Waals surface area contributed by atoms with E-state index in [1.54, 1.807) is 17.7 Å². The maximum atomic E-state index is 5.30. The third-order valence-corrected chi connectivity index (χ3v) is 5.70. The van der Waals surface area contributed by atoms with Crippen LogP contribution in [0.15, 0.2) is 17.8 Å². The number of thiophene rings is 1. The Labute approximate surface area is 143 Å². The SMILES string of the molecule is CCn1c(C2CCN(c3ncnc4ccsc34)CC2)n[nH]c1=S. The van der Waals surface area contributed by atoms with Crippen LogP contribution in [-0.4, -0.2) is 37.8 Å². The smallest absolute Gasteiger partial charge is 0.195 e. The summed E-state index contributed by atoms with van der Waals surface area (Å²) in [5, 5.41) is 9.46. The van der Waals surface area contributed by atoms with Gasteiger partial charge in [-0.05, 0) is 43.4 Å². The molecule has 1 aliphatic rings. The van der Waals surface area contributed by atoms with E-state index < -0.39 is 0 Å². The third kappa shape index (κ3) is 2.55. The van der Waals surface area contributed by atoms with Crippen molar-refractivity contribution in [1.82, 2.24) is 24.7 Å². The first kappa shape index (κ1) is 14.8. The summed E-state index contributed by atoms with van der Waals surface area (Å²) in [6.07, 6.45) is 3.80. The Morgan fingerprint density at radius 3 is 2.96 bits per heavy atom. The number of nitrogens with one attached hydrogen (secondary N) is 1. The van der Waals surface area contributed by atoms with Gasteiger partial charge in [0, 0.05) is 25.6 Å². The van der Waals surface area contributed by atoms with Gasteiger partial charge in [0.15, 0.2) is 4.77 Å². The van der Waals surface area contributed by atoms with Gasteiger partial charge in [0.05, 0.1) is 10.2 Å². The van der Waals surface area contributed by atoms with Crippen molar-refractivity contribution in [1.29, 1.82) is 0 Å². The molecule has 1 fully saturated rings. The predicted molar refractivity (Wildman–Crippen MR) is 94.7 cm³/mol. The van der Waals surface area contributed by atoms with E-state index in [-0.39, 0.29) is 0 Å². The van der Waals surface area contributed by atoms with Crippen molar-refractivity contribution in [3.05, 3.63) is 28.4 Å². The van der Waals surface area contributed by atoms with Crippen molar-refractivity contribution in [3.8, 4) is 0 Å². The molecule has 1 aliphatic heterocycles. The maximum Gasteiger partial charge on any atom is 0.195 e. The number of anilines is 1. The largest absolute Gasteiger partial charge is 0.355 e. The molecule has 4 rings (SSSR count). The van der Waals surface area contributed by atoms with Gasteiger partial charge in [-0.3, -0.25) is 5.10 Å². The molecule has 3 aromatic rings. The fourth-order valence-corrected chi connectivity index (χ4v) is 4.43. The summed E-state index contributed by atoms with van der Waals surface area (Å²) in [4.78, 5) is 11.2. The van der Waals surface area contributed by atoms with Crippen molar-refractivity contribution in [2.24, 2.45) is 0 Å². The number of aromatic nitrogens is 5. The zero-order chi connectivity index (χ0) is 15.8. The summed E-state index contributed by atoms with van der Waals surface area (Å²) in [7, 11) is 0. The first-order valence-corrected chi connectivity index (χ1v) is 9.15. The molecule has 6 nitrogen and oxygen atoms in total. The van der Waals surface area contributed by atoms with Gasteiger partial charge in [-0.15, -0.1) is 11.3 Å². The first-order chi connectivity index (χ1) is 11.3. The molecule has 120 valence electrons. The van der Waals surface area contributed by atoms with Crippen molar-refractivity contribution in [3.63, 3.8) is 0 Å². The third-order valence-electron chi connectivity index (χ3n) is 4.49. The quantitative estimate of drug-likeness (QED) is 0.737. The Bertz CT molecular complexity index is 871. The number of hydrogen-bond donors (Lipinski definition) is 1. The molecule has 0 radical (unpaired) electrons. The Morgan fingerprint density at radius 1 is 1.35 bits per heavy atom. The molecule has 1 N–H and O–H groups in total. The van der Waals surface area contributed by atoms with Gasteiger partial charge in [-0.25, -0.2) is 9.97 Å². The van der Waals surface area contributed by atoms with E-state index in [0.717, 1.165) is 54.4 Å². The minimum absolute atomic E-state index is 0.458. The first-order valence-electron chi connectivity index (χ1n) is 7.86. The fraction of sp³-hybridized carbons (Fsp3) is 0.467. The standard InChI is InChI=1S/C15H18N6S2/c1-2-21-13(18-19-15(21)22)10-3-6-20(7-4-10)14-12-11(5-8-23-12)16-9-17-14/h5,8-10H,2-4,6-7H2,1H3,(H,19,22). The van der Waals surface area contributed by atoms with E-state index in [9.17, 15) is 0 Å². The highest BCUT2D eigenvalue weighted by Crippen LogP contribution is 2.33. The highest BCUT2D eigenvalue weighted by atomic mass is 32.1. The maximum absolute atomic E-state index is 5.30. The molecule has 23 heavy (non-hydrogen) atoms. The minimum Gasteiger partial charge on any atom is -0.355 e. The van der Waals surface area contributed by atoms with E-state index >= 15 is 0 Å². The van der Waals surface area contributed by atoms with Crippen LogP contribution < -0.4 is 4.90 Å². The number of piperidine rings is 1. The van der Waals surface area contributed by atoms with Crippen LogP contribution in [-0.2, 0) is 6.54 Å². The van der Waals surface area contributed by atoms with Gasteiger partial charge in [0.25, 0.3) is 0 Å². The molecule has 1 saturated heterocycles. The van der Waals surface area contributed by atoms with Crippen LogP contribution in [0.5, 0.6) is 0 Å². The van der Waals surface area contributed by atoms with Crippen LogP contribution in [0.25, 0.3) is 10.2 Å². The van der Waals surface area contributed by atoms with Gasteiger partial charge >= 0.3 is 0 Å². The van der Waals surface area contributed by atoms with Crippen LogP contribution in [0, 0.1) is 4.77 Å². The molecule has 3 aromatic heterocycles. The monoisotopic (exact) mass is 346 g/mol. The lowest BCUT2D eigenvalue weighted by molar-refractivity contribution is 0.465. The van der Waals surface area contributed by atoms with E-state index in [1.165, 1.54) is 4.70 Å². The molecule has 0 atom stereocenters. The molecule has 0 bridgehead atoms. The molecular formula is C15H18N6S2. The number of nitrogens with zero attached hydrogens (tertiary/aromatic N) is 5. The average Bonchev–Trinajstić information content (AvgIpc) is 3.20. The lowest BCUT2D eigenvalue weighted by Crippen LogP contribution is -2.34. The van der Waals surface area contributed by atoms with Crippen molar-refractivity contribution < 1.29 is 0 Å². The summed E-state index contributed by atoms with van der Waals surface area (Å²) in [6, 6.07) is 2.05. The van der Waals surface area contributed by atoms with E-state index in [0.29, 0.717) is 5.92 Å². The van der Waals surface area contributed by atoms with E-state index in [2.05, 4.69) is 48.0 Å². The van der Waals surface area contributed by atoms with Gasteiger partial charge in [-0.2, -0.15) is 5.10 Å². The Kier molecular flexibility index (Phi) is 3.86.